The Morgan fingerprint density at radius 2 is 1.75 bits per heavy atom. The molecule has 0 bridgehead atoms. The zero-order valence-corrected chi connectivity index (χ0v) is 21.3. The molecule has 36 heavy (non-hydrogen) atoms. The fourth-order valence-electron chi connectivity index (χ4n) is 5.53. The van der Waals surface area contributed by atoms with Gasteiger partial charge in [-0.3, -0.25) is 4.90 Å². The Kier molecular flexibility index (Phi) is 6.36. The molecule has 1 unspecified atom stereocenters. The van der Waals surface area contributed by atoms with Gasteiger partial charge in [-0.15, -0.1) is 11.8 Å². The Hall–Kier alpha value is -3.02. The third-order valence-corrected chi connectivity index (χ3v) is 8.72. The summed E-state index contributed by atoms with van der Waals surface area (Å²) in [6, 6.07) is 21.6. The predicted molar refractivity (Wildman–Crippen MR) is 146 cm³/mol. The van der Waals surface area contributed by atoms with Crippen molar-refractivity contribution in [1.29, 1.82) is 0 Å². The van der Waals surface area contributed by atoms with Crippen LogP contribution in [0.15, 0.2) is 71.6 Å². The van der Waals surface area contributed by atoms with Crippen molar-refractivity contribution in [2.45, 2.75) is 36.3 Å². The van der Waals surface area contributed by atoms with Crippen molar-refractivity contribution in [2.24, 2.45) is 0 Å². The molecule has 1 saturated heterocycles. The van der Waals surface area contributed by atoms with Gasteiger partial charge in [0.2, 0.25) is 0 Å². The highest BCUT2D eigenvalue weighted by Gasteiger charge is 2.30. The van der Waals surface area contributed by atoms with Crippen LogP contribution in [0.5, 0.6) is 11.5 Å². The van der Waals surface area contributed by atoms with Crippen molar-refractivity contribution < 1.29 is 14.2 Å². The number of phenolic OH excluding ortho intramolecular Hbond substituents is 1. The lowest BCUT2D eigenvalue weighted by atomic mass is 9.88. The molecule has 2 heterocycles. The van der Waals surface area contributed by atoms with Gasteiger partial charge in [0.25, 0.3) is 0 Å². The number of aryl methyl sites for hydroxylation is 1. The van der Waals surface area contributed by atoms with Gasteiger partial charge >= 0.3 is 0 Å². The van der Waals surface area contributed by atoms with Crippen LogP contribution < -0.4 is 4.74 Å². The number of aromatic hydroxyl groups is 1. The van der Waals surface area contributed by atoms with E-state index < -0.39 is 0 Å². The van der Waals surface area contributed by atoms with E-state index in [1.165, 1.54) is 32.4 Å². The maximum Gasteiger partial charge on any atom is 0.137 e. The lowest BCUT2D eigenvalue weighted by Gasteiger charge is -2.30. The normalized spacial score (nSPS) is 17.6. The summed E-state index contributed by atoms with van der Waals surface area (Å²) in [5.74, 6) is 0.937. The Labute approximate surface area is 215 Å². The molecule has 1 atom stereocenters. The summed E-state index contributed by atoms with van der Waals surface area (Å²) < 4.78 is 21.2. The quantitative estimate of drug-likeness (QED) is 0.305. The highest BCUT2D eigenvalue weighted by atomic mass is 32.2. The molecule has 5 heteroatoms. The van der Waals surface area contributed by atoms with Crippen LogP contribution in [0.4, 0.5) is 4.39 Å². The standard InChI is InChI=1S/C31H30FNO2S/c1-20-17-27-26-11-7-22-19-23(34)8-12-25(22)29(26)30(36-31(27)28(32)18-20)21-5-9-24(10-6-21)35-16-15-33-13-3-2-4-14-33/h5-12,17-19,30,34H,2-4,13-16H2,1H3. The Morgan fingerprint density at radius 1 is 0.944 bits per heavy atom. The van der Waals surface area contributed by atoms with Crippen LogP contribution in [0, 0.1) is 12.7 Å². The molecule has 0 radical (unpaired) electrons. The van der Waals surface area contributed by atoms with Gasteiger partial charge in [0.15, 0.2) is 0 Å². The number of likely N-dealkylation sites (tertiary alicyclic amines) is 1. The number of halogens is 1. The topological polar surface area (TPSA) is 32.7 Å². The first-order chi connectivity index (χ1) is 17.6. The molecule has 0 amide bonds. The van der Waals surface area contributed by atoms with Gasteiger partial charge in [-0.1, -0.05) is 42.8 Å². The van der Waals surface area contributed by atoms with Crippen LogP contribution in [-0.2, 0) is 0 Å². The average molecular weight is 500 g/mol. The first-order valence-corrected chi connectivity index (χ1v) is 13.6. The lowest BCUT2D eigenvalue weighted by molar-refractivity contribution is 0.183. The molecule has 2 aliphatic heterocycles. The van der Waals surface area contributed by atoms with E-state index in [1.807, 2.05) is 31.2 Å². The monoisotopic (exact) mass is 499 g/mol. The Morgan fingerprint density at radius 3 is 2.56 bits per heavy atom. The van der Waals surface area contributed by atoms with E-state index in [1.54, 1.807) is 30.0 Å². The number of rotatable bonds is 5. The summed E-state index contributed by atoms with van der Waals surface area (Å²) in [6.07, 6.45) is 3.91. The van der Waals surface area contributed by atoms with Crippen LogP contribution in [0.1, 0.15) is 41.2 Å². The largest absolute Gasteiger partial charge is 0.508 e. The number of ether oxygens (including phenoxy) is 1. The van der Waals surface area contributed by atoms with Gasteiger partial charge < -0.3 is 9.84 Å². The number of benzene rings is 4. The summed E-state index contributed by atoms with van der Waals surface area (Å²) in [4.78, 5) is 3.17. The second-order valence-electron chi connectivity index (χ2n) is 9.87. The van der Waals surface area contributed by atoms with Gasteiger partial charge in [0.1, 0.15) is 23.9 Å². The fraction of sp³-hybridized carbons (Fsp3) is 0.290. The number of hydrogen-bond donors (Lipinski definition) is 1. The van der Waals surface area contributed by atoms with E-state index in [0.29, 0.717) is 11.5 Å². The van der Waals surface area contributed by atoms with E-state index in [-0.39, 0.29) is 16.8 Å². The van der Waals surface area contributed by atoms with Crippen LogP contribution in [-0.4, -0.2) is 36.2 Å². The van der Waals surface area contributed by atoms with Crippen molar-refractivity contribution in [3.8, 4) is 22.6 Å². The second-order valence-corrected chi connectivity index (χ2v) is 11.0. The lowest BCUT2D eigenvalue weighted by Crippen LogP contribution is -2.33. The summed E-state index contributed by atoms with van der Waals surface area (Å²) >= 11 is 1.56. The maximum atomic E-state index is 15.2. The molecule has 0 aromatic heterocycles. The molecular weight excluding hydrogens is 469 g/mol. The first kappa shape index (κ1) is 23.4. The molecule has 1 N–H and O–H groups in total. The van der Waals surface area contributed by atoms with Gasteiger partial charge in [-0.05, 0) is 102 Å². The zero-order valence-electron chi connectivity index (χ0n) is 20.5. The van der Waals surface area contributed by atoms with Crippen molar-refractivity contribution in [1.82, 2.24) is 4.90 Å². The van der Waals surface area contributed by atoms with Gasteiger partial charge in [-0.2, -0.15) is 0 Å². The summed E-state index contributed by atoms with van der Waals surface area (Å²) in [5, 5.41) is 12.1. The van der Waals surface area contributed by atoms with E-state index in [9.17, 15) is 5.11 Å². The summed E-state index contributed by atoms with van der Waals surface area (Å²) in [7, 11) is 0. The minimum Gasteiger partial charge on any atom is -0.508 e. The molecule has 3 nitrogen and oxygen atoms in total. The van der Waals surface area contributed by atoms with Crippen molar-refractivity contribution in [2.75, 3.05) is 26.2 Å². The Balaban J connectivity index is 1.34. The van der Waals surface area contributed by atoms with E-state index in [2.05, 4.69) is 29.2 Å². The molecule has 0 aliphatic carbocycles. The van der Waals surface area contributed by atoms with E-state index >= 15 is 4.39 Å². The summed E-state index contributed by atoms with van der Waals surface area (Å²) in [6.45, 7) is 5.92. The molecule has 0 spiro atoms. The van der Waals surface area contributed by atoms with Crippen molar-refractivity contribution in [3.63, 3.8) is 0 Å². The molecule has 4 aromatic carbocycles. The molecular formula is C31H30FNO2S. The third kappa shape index (κ3) is 4.46. The van der Waals surface area contributed by atoms with Crippen LogP contribution >= 0.6 is 11.8 Å². The van der Waals surface area contributed by atoms with E-state index in [4.69, 9.17) is 4.74 Å². The Bertz CT molecular complexity index is 1410. The smallest absolute Gasteiger partial charge is 0.137 e. The molecule has 184 valence electrons. The fourth-order valence-corrected chi connectivity index (χ4v) is 6.90. The number of hydrogen-bond acceptors (Lipinski definition) is 4. The minimum absolute atomic E-state index is 0.0691. The second kappa shape index (κ2) is 9.79. The highest BCUT2D eigenvalue weighted by molar-refractivity contribution is 8.00. The minimum atomic E-state index is -0.172. The van der Waals surface area contributed by atoms with Crippen LogP contribution in [0.2, 0.25) is 0 Å². The number of phenols is 1. The number of fused-ring (bicyclic) bond motifs is 5. The SMILES string of the molecule is Cc1cc(F)c2c(c1)-c1ccc3cc(O)ccc3c1C(c1ccc(OCCN3CCCCC3)cc1)S2. The van der Waals surface area contributed by atoms with Crippen LogP contribution in [0.3, 0.4) is 0 Å². The number of nitrogens with zero attached hydrogens (tertiary/aromatic N) is 1. The maximum absolute atomic E-state index is 15.2. The van der Waals surface area contributed by atoms with Crippen molar-refractivity contribution >= 4 is 22.5 Å². The molecule has 6 rings (SSSR count). The van der Waals surface area contributed by atoms with Gasteiger partial charge in [0, 0.05) is 6.54 Å². The van der Waals surface area contributed by atoms with E-state index in [0.717, 1.165) is 50.9 Å². The predicted octanol–water partition coefficient (Wildman–Crippen LogP) is 7.72. The number of piperidine rings is 1. The van der Waals surface area contributed by atoms with Crippen LogP contribution in [0.25, 0.3) is 21.9 Å². The molecule has 0 saturated carbocycles. The van der Waals surface area contributed by atoms with Gasteiger partial charge in [-0.25, -0.2) is 4.39 Å². The molecule has 2 aliphatic rings. The average Bonchev–Trinajstić information content (AvgIpc) is 2.89. The zero-order chi connectivity index (χ0) is 24.6. The molecule has 4 aromatic rings. The molecule has 1 fully saturated rings. The first-order valence-electron chi connectivity index (χ1n) is 12.7. The van der Waals surface area contributed by atoms with Gasteiger partial charge in [0.05, 0.1) is 10.1 Å². The summed E-state index contributed by atoms with van der Waals surface area (Å²) in [5.41, 5.74) is 5.17. The van der Waals surface area contributed by atoms with Crippen molar-refractivity contribution in [3.05, 3.63) is 89.2 Å². The number of thioether (sulfide) groups is 1. The third-order valence-electron chi connectivity index (χ3n) is 7.33. The highest BCUT2D eigenvalue weighted by Crippen LogP contribution is 2.55.